The lowest BCUT2D eigenvalue weighted by atomic mass is 10.2. The molecule has 0 spiro atoms. The van der Waals surface area contributed by atoms with E-state index in [1.807, 2.05) is 36.5 Å². The largest absolute Gasteiger partial charge is 0.326 e. The third-order valence-electron chi connectivity index (χ3n) is 2.84. The van der Waals surface area contributed by atoms with E-state index >= 15 is 0 Å². The fourth-order valence-corrected chi connectivity index (χ4v) is 1.88. The van der Waals surface area contributed by atoms with Gasteiger partial charge in [0.1, 0.15) is 0 Å². The van der Waals surface area contributed by atoms with Crippen LogP contribution < -0.4 is 5.69 Å². The molecular weight excluding hydrogens is 212 g/mol. The number of aromatic nitrogens is 2. The Morgan fingerprint density at radius 3 is 2.71 bits per heavy atom. The van der Waals surface area contributed by atoms with Crippen molar-refractivity contribution in [2.24, 2.45) is 0 Å². The van der Waals surface area contributed by atoms with Crippen LogP contribution in [0.25, 0.3) is 0 Å². The third-order valence-corrected chi connectivity index (χ3v) is 2.84. The highest BCUT2D eigenvalue weighted by Crippen LogP contribution is 2.03. The van der Waals surface area contributed by atoms with Gasteiger partial charge in [0.25, 0.3) is 0 Å². The summed E-state index contributed by atoms with van der Waals surface area (Å²) in [5, 5.41) is 0. The maximum Gasteiger partial charge on any atom is 0.326 e. The summed E-state index contributed by atoms with van der Waals surface area (Å²) in [5.41, 5.74) is 2.17. The molecule has 0 saturated carbocycles. The smallest absolute Gasteiger partial charge is 0.310 e. The van der Waals surface area contributed by atoms with Crippen molar-refractivity contribution in [3.8, 4) is 0 Å². The summed E-state index contributed by atoms with van der Waals surface area (Å²) < 4.78 is 1.74. The molecule has 0 saturated heterocycles. The van der Waals surface area contributed by atoms with Crippen LogP contribution in [0.4, 0.5) is 0 Å². The maximum atomic E-state index is 11.7. The Labute approximate surface area is 101 Å². The average molecular weight is 230 g/mol. The molecule has 3 nitrogen and oxygen atoms in total. The first-order valence-electron chi connectivity index (χ1n) is 6.12. The van der Waals surface area contributed by atoms with E-state index in [2.05, 4.69) is 11.9 Å². The van der Waals surface area contributed by atoms with Gasteiger partial charge < -0.3 is 4.98 Å². The van der Waals surface area contributed by atoms with Crippen LogP contribution in [0.2, 0.25) is 0 Å². The van der Waals surface area contributed by atoms with Gasteiger partial charge in [-0.2, -0.15) is 0 Å². The van der Waals surface area contributed by atoms with E-state index in [0.29, 0.717) is 6.54 Å². The van der Waals surface area contributed by atoms with Gasteiger partial charge in [-0.15, -0.1) is 0 Å². The molecule has 1 aromatic carbocycles. The van der Waals surface area contributed by atoms with Crippen LogP contribution in [0.5, 0.6) is 0 Å². The number of rotatable bonds is 5. The van der Waals surface area contributed by atoms with Gasteiger partial charge in [-0.1, -0.05) is 43.7 Å². The molecule has 3 heteroatoms. The van der Waals surface area contributed by atoms with Gasteiger partial charge in [-0.25, -0.2) is 4.79 Å². The predicted molar refractivity (Wildman–Crippen MR) is 69.2 cm³/mol. The third kappa shape index (κ3) is 3.09. The molecule has 2 aromatic rings. The van der Waals surface area contributed by atoms with Crippen molar-refractivity contribution in [1.82, 2.24) is 9.55 Å². The highest BCUT2D eigenvalue weighted by Gasteiger charge is 2.03. The molecule has 0 aliphatic heterocycles. The van der Waals surface area contributed by atoms with Crippen molar-refractivity contribution >= 4 is 0 Å². The van der Waals surface area contributed by atoms with Crippen molar-refractivity contribution in [3.05, 3.63) is 58.3 Å². The Kier molecular flexibility index (Phi) is 3.81. The standard InChI is InChI=1S/C14H18N2O/c1-2-3-9-13-11-16(14(17)15-13)10-12-7-5-4-6-8-12/h4-8,11H,2-3,9-10H2,1H3,(H,15,17). The van der Waals surface area contributed by atoms with Crippen LogP contribution in [0.15, 0.2) is 41.3 Å². The van der Waals surface area contributed by atoms with Crippen molar-refractivity contribution < 1.29 is 0 Å². The normalized spacial score (nSPS) is 10.6. The number of nitrogens with zero attached hydrogens (tertiary/aromatic N) is 1. The fraction of sp³-hybridized carbons (Fsp3) is 0.357. The van der Waals surface area contributed by atoms with Crippen molar-refractivity contribution in [1.29, 1.82) is 0 Å². The zero-order valence-electron chi connectivity index (χ0n) is 10.1. The van der Waals surface area contributed by atoms with Gasteiger partial charge in [0, 0.05) is 11.9 Å². The first-order valence-corrected chi connectivity index (χ1v) is 6.12. The SMILES string of the molecule is CCCCc1cn(Cc2ccccc2)c(=O)[nH]1. The van der Waals surface area contributed by atoms with E-state index < -0.39 is 0 Å². The number of benzene rings is 1. The van der Waals surface area contributed by atoms with Gasteiger partial charge >= 0.3 is 5.69 Å². The van der Waals surface area contributed by atoms with Crippen LogP contribution in [0.3, 0.4) is 0 Å². The summed E-state index contributed by atoms with van der Waals surface area (Å²) in [6, 6.07) is 10.0. The van der Waals surface area contributed by atoms with Crippen LogP contribution >= 0.6 is 0 Å². The van der Waals surface area contributed by atoms with Gasteiger partial charge in [-0.05, 0) is 18.4 Å². The number of unbranched alkanes of at least 4 members (excludes halogenated alkanes) is 1. The number of imidazole rings is 1. The van der Waals surface area contributed by atoms with Gasteiger partial charge in [-0.3, -0.25) is 4.57 Å². The van der Waals surface area contributed by atoms with E-state index in [4.69, 9.17) is 0 Å². The summed E-state index contributed by atoms with van der Waals surface area (Å²) in [5.74, 6) is 0. The Morgan fingerprint density at radius 2 is 2.00 bits per heavy atom. The minimum Gasteiger partial charge on any atom is -0.310 e. The summed E-state index contributed by atoms with van der Waals surface area (Å²) in [6.45, 7) is 2.79. The molecule has 2 rings (SSSR count). The molecule has 1 aromatic heterocycles. The molecule has 1 N–H and O–H groups in total. The Balaban J connectivity index is 2.11. The van der Waals surface area contributed by atoms with E-state index in [1.165, 1.54) is 0 Å². The molecule has 0 aliphatic carbocycles. The van der Waals surface area contributed by atoms with E-state index in [9.17, 15) is 4.79 Å². The maximum absolute atomic E-state index is 11.7. The number of nitrogens with one attached hydrogen (secondary N) is 1. The first kappa shape index (κ1) is 11.7. The van der Waals surface area contributed by atoms with E-state index in [0.717, 1.165) is 30.5 Å². The second kappa shape index (κ2) is 5.53. The first-order chi connectivity index (χ1) is 8.29. The highest BCUT2D eigenvalue weighted by atomic mass is 16.1. The molecule has 0 aliphatic rings. The minimum absolute atomic E-state index is 0.0139. The van der Waals surface area contributed by atoms with Crippen LogP contribution in [0, 0.1) is 0 Å². The average Bonchev–Trinajstić information content (AvgIpc) is 2.69. The summed E-state index contributed by atoms with van der Waals surface area (Å²) in [4.78, 5) is 14.6. The quantitative estimate of drug-likeness (QED) is 0.842. The molecule has 0 bridgehead atoms. The van der Waals surface area contributed by atoms with Gasteiger partial charge in [0.05, 0.1) is 6.54 Å². The zero-order chi connectivity index (χ0) is 12.1. The number of H-pyrrole nitrogens is 1. The van der Waals surface area contributed by atoms with Crippen molar-refractivity contribution in [2.45, 2.75) is 32.7 Å². The Morgan fingerprint density at radius 1 is 1.24 bits per heavy atom. The molecule has 0 radical (unpaired) electrons. The Bertz CT molecular complexity index is 511. The topological polar surface area (TPSA) is 37.8 Å². The molecule has 90 valence electrons. The second-order valence-electron chi connectivity index (χ2n) is 4.30. The predicted octanol–water partition coefficient (Wildman–Crippen LogP) is 2.57. The lowest BCUT2D eigenvalue weighted by molar-refractivity contribution is 0.760. The molecule has 0 atom stereocenters. The summed E-state index contributed by atoms with van der Waals surface area (Å²) in [6.07, 6.45) is 5.15. The molecule has 0 amide bonds. The summed E-state index contributed by atoms with van der Waals surface area (Å²) >= 11 is 0. The van der Waals surface area contributed by atoms with Crippen LogP contribution in [-0.2, 0) is 13.0 Å². The fourth-order valence-electron chi connectivity index (χ4n) is 1.88. The van der Waals surface area contributed by atoms with Crippen molar-refractivity contribution in [2.75, 3.05) is 0 Å². The minimum atomic E-state index is -0.0139. The van der Waals surface area contributed by atoms with Gasteiger partial charge in [0.15, 0.2) is 0 Å². The van der Waals surface area contributed by atoms with Crippen LogP contribution in [0.1, 0.15) is 31.0 Å². The van der Waals surface area contributed by atoms with E-state index in [1.54, 1.807) is 4.57 Å². The van der Waals surface area contributed by atoms with Crippen molar-refractivity contribution in [3.63, 3.8) is 0 Å². The van der Waals surface area contributed by atoms with Gasteiger partial charge in [0.2, 0.25) is 0 Å². The monoisotopic (exact) mass is 230 g/mol. The lowest BCUT2D eigenvalue weighted by Crippen LogP contribution is -2.16. The number of hydrogen-bond donors (Lipinski definition) is 1. The molecule has 0 unspecified atom stereocenters. The number of aryl methyl sites for hydroxylation is 1. The zero-order valence-corrected chi connectivity index (χ0v) is 10.1. The lowest BCUT2D eigenvalue weighted by Gasteiger charge is -2.00. The van der Waals surface area contributed by atoms with E-state index in [-0.39, 0.29) is 5.69 Å². The van der Waals surface area contributed by atoms with Crippen LogP contribution in [-0.4, -0.2) is 9.55 Å². The highest BCUT2D eigenvalue weighted by molar-refractivity contribution is 5.15. The Hall–Kier alpha value is -1.77. The number of aromatic amines is 1. The molecule has 1 heterocycles. The molecule has 17 heavy (non-hydrogen) atoms. The summed E-state index contributed by atoms with van der Waals surface area (Å²) in [7, 11) is 0. The number of hydrogen-bond acceptors (Lipinski definition) is 1. The molecular formula is C14H18N2O. The second-order valence-corrected chi connectivity index (χ2v) is 4.30. The molecule has 0 fully saturated rings.